The lowest BCUT2D eigenvalue weighted by Crippen LogP contribution is -2.42. The van der Waals surface area contributed by atoms with Crippen LogP contribution in [0.2, 0.25) is 0 Å². The summed E-state index contributed by atoms with van der Waals surface area (Å²) in [7, 11) is 1.68. The number of nitrogens with one attached hydrogen (secondary N) is 1. The van der Waals surface area contributed by atoms with Gasteiger partial charge in [0.25, 0.3) is 0 Å². The van der Waals surface area contributed by atoms with Crippen LogP contribution >= 0.6 is 0 Å². The van der Waals surface area contributed by atoms with Gasteiger partial charge < -0.3 is 19.4 Å². The van der Waals surface area contributed by atoms with Crippen LogP contribution in [0.4, 0.5) is 0 Å². The number of H-pyrrole nitrogens is 1. The molecule has 1 aliphatic heterocycles. The van der Waals surface area contributed by atoms with E-state index in [0.29, 0.717) is 26.1 Å². The molecule has 1 aliphatic rings. The van der Waals surface area contributed by atoms with E-state index in [-0.39, 0.29) is 5.91 Å². The number of aromatic nitrogens is 2. The Hall–Kier alpha value is -2.34. The molecule has 24 heavy (non-hydrogen) atoms. The minimum atomic E-state index is -0.450. The van der Waals surface area contributed by atoms with Gasteiger partial charge in [-0.05, 0) is 25.5 Å². The van der Waals surface area contributed by atoms with E-state index in [4.69, 9.17) is 9.47 Å². The van der Waals surface area contributed by atoms with E-state index >= 15 is 0 Å². The van der Waals surface area contributed by atoms with Crippen LogP contribution in [-0.2, 0) is 16.0 Å². The second-order valence-corrected chi connectivity index (χ2v) is 6.31. The summed E-state index contributed by atoms with van der Waals surface area (Å²) < 4.78 is 11.6. The number of carbonyl (C=O) groups is 1. The van der Waals surface area contributed by atoms with Crippen molar-refractivity contribution in [2.75, 3.05) is 26.8 Å². The third-order valence-electron chi connectivity index (χ3n) is 4.52. The summed E-state index contributed by atoms with van der Waals surface area (Å²) in [6, 6.07) is 7.94. The summed E-state index contributed by atoms with van der Waals surface area (Å²) in [5, 5.41) is 0. The van der Waals surface area contributed by atoms with Crippen molar-refractivity contribution in [3.05, 3.63) is 48.0 Å². The fourth-order valence-corrected chi connectivity index (χ4v) is 2.91. The van der Waals surface area contributed by atoms with Crippen molar-refractivity contribution in [2.45, 2.75) is 25.4 Å². The van der Waals surface area contributed by atoms with Gasteiger partial charge in [-0.3, -0.25) is 4.79 Å². The molecule has 1 fully saturated rings. The average Bonchev–Trinajstić information content (AvgIpc) is 3.24. The second-order valence-electron chi connectivity index (χ2n) is 6.31. The van der Waals surface area contributed by atoms with Gasteiger partial charge in [-0.1, -0.05) is 17.7 Å². The van der Waals surface area contributed by atoms with Crippen LogP contribution in [0.3, 0.4) is 0 Å². The van der Waals surface area contributed by atoms with E-state index < -0.39 is 5.60 Å². The summed E-state index contributed by atoms with van der Waals surface area (Å²) in [6.07, 6.45) is 4.36. The number of imidazole rings is 1. The van der Waals surface area contributed by atoms with Gasteiger partial charge in [0.1, 0.15) is 18.0 Å². The Morgan fingerprint density at radius 3 is 2.83 bits per heavy atom. The van der Waals surface area contributed by atoms with E-state index in [2.05, 4.69) is 9.97 Å². The van der Waals surface area contributed by atoms with Gasteiger partial charge in [0.15, 0.2) is 0 Å². The zero-order valence-electron chi connectivity index (χ0n) is 14.1. The molecule has 2 aromatic rings. The predicted octanol–water partition coefficient (Wildman–Crippen LogP) is 1.96. The number of aromatic amines is 1. The van der Waals surface area contributed by atoms with Crippen LogP contribution in [0.25, 0.3) is 0 Å². The molecule has 1 aromatic heterocycles. The summed E-state index contributed by atoms with van der Waals surface area (Å²) in [6.45, 7) is 3.70. The molecular formula is C18H23N3O3. The molecule has 0 saturated carbocycles. The summed E-state index contributed by atoms with van der Waals surface area (Å²) in [4.78, 5) is 21.2. The lowest BCUT2D eigenvalue weighted by atomic mass is 10.0. The Balaban J connectivity index is 1.57. The number of carbonyl (C=O) groups excluding carboxylic acids is 1. The third-order valence-corrected chi connectivity index (χ3v) is 4.52. The van der Waals surface area contributed by atoms with Gasteiger partial charge in [0, 0.05) is 25.5 Å². The molecular weight excluding hydrogens is 306 g/mol. The van der Waals surface area contributed by atoms with E-state index in [9.17, 15) is 4.79 Å². The van der Waals surface area contributed by atoms with Gasteiger partial charge in [-0.15, -0.1) is 0 Å². The van der Waals surface area contributed by atoms with Crippen molar-refractivity contribution < 1.29 is 14.3 Å². The van der Waals surface area contributed by atoms with Gasteiger partial charge in [-0.25, -0.2) is 4.98 Å². The lowest BCUT2D eigenvalue weighted by Gasteiger charge is -2.28. The Morgan fingerprint density at radius 1 is 1.38 bits per heavy atom. The molecule has 0 spiro atoms. The van der Waals surface area contributed by atoms with E-state index in [1.165, 1.54) is 5.56 Å². The molecule has 0 radical (unpaired) electrons. The molecule has 2 heterocycles. The standard InChI is InChI=1S/C18H23N3O3/c1-14-3-5-16(6-4-14)24-12-18(23-2)7-8-21(11-18)17(22)9-15-10-19-13-20-15/h3-6,10,13H,7-9,11-12H2,1-2H3,(H,19,20)/t18-/m1/s1. The summed E-state index contributed by atoms with van der Waals surface area (Å²) in [5.41, 5.74) is 1.57. The fourth-order valence-electron chi connectivity index (χ4n) is 2.91. The lowest BCUT2D eigenvalue weighted by molar-refractivity contribution is -0.131. The third kappa shape index (κ3) is 3.76. The minimum absolute atomic E-state index is 0.0773. The minimum Gasteiger partial charge on any atom is -0.491 e. The van der Waals surface area contributed by atoms with Crippen LogP contribution in [0.15, 0.2) is 36.8 Å². The van der Waals surface area contributed by atoms with Gasteiger partial charge in [0.2, 0.25) is 5.91 Å². The molecule has 0 bridgehead atoms. The van der Waals surface area contributed by atoms with Gasteiger partial charge in [-0.2, -0.15) is 0 Å². The number of ether oxygens (including phenoxy) is 2. The number of aryl methyl sites for hydroxylation is 1. The highest BCUT2D eigenvalue weighted by atomic mass is 16.5. The number of nitrogens with zero attached hydrogens (tertiary/aromatic N) is 2. The first-order chi connectivity index (χ1) is 11.6. The highest BCUT2D eigenvalue weighted by Gasteiger charge is 2.41. The maximum atomic E-state index is 12.4. The maximum absolute atomic E-state index is 12.4. The Morgan fingerprint density at radius 2 is 2.17 bits per heavy atom. The first-order valence-corrected chi connectivity index (χ1v) is 8.10. The SMILES string of the molecule is CO[C@]1(COc2ccc(C)cc2)CCN(C(=O)Cc2cnc[nH]2)C1. The zero-order chi connectivity index (χ0) is 17.0. The van der Waals surface area contributed by atoms with Crippen molar-refractivity contribution in [3.63, 3.8) is 0 Å². The number of rotatable bonds is 6. The number of likely N-dealkylation sites (tertiary alicyclic amines) is 1. The number of methoxy groups -OCH3 is 1. The van der Waals surface area contributed by atoms with Crippen molar-refractivity contribution >= 4 is 5.91 Å². The average molecular weight is 329 g/mol. The highest BCUT2D eigenvalue weighted by molar-refractivity contribution is 5.78. The Labute approximate surface area is 141 Å². The molecule has 1 N–H and O–H groups in total. The maximum Gasteiger partial charge on any atom is 0.228 e. The smallest absolute Gasteiger partial charge is 0.228 e. The van der Waals surface area contributed by atoms with E-state index in [0.717, 1.165) is 17.9 Å². The van der Waals surface area contributed by atoms with Crippen LogP contribution in [0, 0.1) is 6.92 Å². The molecule has 0 unspecified atom stereocenters. The van der Waals surface area contributed by atoms with Gasteiger partial charge in [0.05, 0.1) is 19.3 Å². The molecule has 128 valence electrons. The zero-order valence-corrected chi connectivity index (χ0v) is 14.1. The number of hydrogen-bond acceptors (Lipinski definition) is 4. The molecule has 0 aliphatic carbocycles. The first-order valence-electron chi connectivity index (χ1n) is 8.10. The normalized spacial score (nSPS) is 20.3. The first kappa shape index (κ1) is 16.5. The van der Waals surface area contributed by atoms with Crippen LogP contribution in [0.1, 0.15) is 17.7 Å². The number of amides is 1. The Kier molecular flexibility index (Phi) is 4.85. The van der Waals surface area contributed by atoms with Crippen LogP contribution in [0.5, 0.6) is 5.75 Å². The van der Waals surface area contributed by atoms with Crippen molar-refractivity contribution in [2.24, 2.45) is 0 Å². The molecule has 6 nitrogen and oxygen atoms in total. The highest BCUT2D eigenvalue weighted by Crippen LogP contribution is 2.27. The Bertz CT molecular complexity index is 669. The monoisotopic (exact) mass is 329 g/mol. The van der Waals surface area contributed by atoms with Crippen molar-refractivity contribution in [1.82, 2.24) is 14.9 Å². The molecule has 1 aromatic carbocycles. The van der Waals surface area contributed by atoms with Crippen molar-refractivity contribution in [1.29, 1.82) is 0 Å². The topological polar surface area (TPSA) is 67.5 Å². The number of hydrogen-bond donors (Lipinski definition) is 1. The van der Waals surface area contributed by atoms with Crippen LogP contribution in [-0.4, -0.2) is 53.2 Å². The molecule has 3 rings (SSSR count). The molecule has 6 heteroatoms. The van der Waals surface area contributed by atoms with Crippen molar-refractivity contribution in [3.8, 4) is 5.75 Å². The quantitative estimate of drug-likeness (QED) is 0.880. The van der Waals surface area contributed by atoms with Crippen LogP contribution < -0.4 is 4.74 Å². The molecule has 1 atom stereocenters. The predicted molar refractivity (Wildman–Crippen MR) is 89.9 cm³/mol. The fraction of sp³-hybridized carbons (Fsp3) is 0.444. The van der Waals surface area contributed by atoms with E-state index in [1.54, 1.807) is 19.6 Å². The van der Waals surface area contributed by atoms with E-state index in [1.807, 2.05) is 36.1 Å². The molecule has 1 amide bonds. The number of benzene rings is 1. The summed E-state index contributed by atoms with van der Waals surface area (Å²) >= 11 is 0. The summed E-state index contributed by atoms with van der Waals surface area (Å²) in [5.74, 6) is 0.896. The second kappa shape index (κ2) is 7.05. The largest absolute Gasteiger partial charge is 0.491 e. The van der Waals surface area contributed by atoms with Gasteiger partial charge >= 0.3 is 0 Å². The molecule has 1 saturated heterocycles.